The number of carbonyl (C=O) groups is 2. The Hall–Kier alpha value is -2.04. The first-order valence-electron chi connectivity index (χ1n) is 7.33. The molecule has 1 aliphatic carbocycles. The average Bonchev–Trinajstić information content (AvgIpc) is 2.47. The first kappa shape index (κ1) is 15.4. The fourth-order valence-corrected chi connectivity index (χ4v) is 2.90. The molecule has 5 heteroatoms. The van der Waals surface area contributed by atoms with Crippen molar-refractivity contribution in [2.45, 2.75) is 38.6 Å². The van der Waals surface area contributed by atoms with Gasteiger partial charge >= 0.3 is 12.0 Å². The molecule has 0 spiro atoms. The Kier molecular flexibility index (Phi) is 4.83. The van der Waals surface area contributed by atoms with Gasteiger partial charge < -0.3 is 10.4 Å². The third-order valence-electron chi connectivity index (χ3n) is 4.17. The van der Waals surface area contributed by atoms with E-state index in [-0.39, 0.29) is 12.1 Å². The van der Waals surface area contributed by atoms with Gasteiger partial charge in [0.2, 0.25) is 0 Å². The van der Waals surface area contributed by atoms with Gasteiger partial charge in [0.15, 0.2) is 0 Å². The van der Waals surface area contributed by atoms with E-state index in [1.54, 1.807) is 11.9 Å². The molecule has 2 amide bonds. The maximum atomic E-state index is 12.4. The fraction of sp³-hybridized carbons (Fsp3) is 0.500. The molecule has 1 saturated carbocycles. The van der Waals surface area contributed by atoms with Gasteiger partial charge in [-0.1, -0.05) is 31.0 Å². The van der Waals surface area contributed by atoms with Crippen molar-refractivity contribution in [3.8, 4) is 0 Å². The van der Waals surface area contributed by atoms with Crippen LogP contribution in [0.4, 0.5) is 10.5 Å². The summed E-state index contributed by atoms with van der Waals surface area (Å²) in [6, 6.07) is 7.10. The van der Waals surface area contributed by atoms with Crippen LogP contribution >= 0.6 is 0 Å². The Labute approximate surface area is 125 Å². The normalized spacial score (nSPS) is 21.6. The van der Waals surface area contributed by atoms with E-state index in [0.717, 1.165) is 30.5 Å². The molecule has 1 fully saturated rings. The highest BCUT2D eigenvalue weighted by atomic mass is 16.4. The molecule has 1 aromatic carbocycles. The number of rotatable bonds is 3. The van der Waals surface area contributed by atoms with E-state index < -0.39 is 11.9 Å². The van der Waals surface area contributed by atoms with Crippen LogP contribution in [0.25, 0.3) is 0 Å². The van der Waals surface area contributed by atoms with E-state index in [0.29, 0.717) is 6.42 Å². The number of hydrogen-bond acceptors (Lipinski definition) is 2. The average molecular weight is 290 g/mol. The molecule has 0 heterocycles. The summed E-state index contributed by atoms with van der Waals surface area (Å²) in [6.07, 6.45) is 3.23. The zero-order valence-electron chi connectivity index (χ0n) is 12.5. The van der Waals surface area contributed by atoms with Crippen LogP contribution in [-0.2, 0) is 4.79 Å². The molecule has 114 valence electrons. The van der Waals surface area contributed by atoms with Crippen LogP contribution in [-0.4, -0.2) is 30.2 Å². The summed E-state index contributed by atoms with van der Waals surface area (Å²) in [5.74, 6) is -1.30. The summed E-state index contributed by atoms with van der Waals surface area (Å²) in [5, 5.41) is 12.1. The van der Waals surface area contributed by atoms with Crippen molar-refractivity contribution in [2.75, 3.05) is 11.9 Å². The Balaban J connectivity index is 2.06. The van der Waals surface area contributed by atoms with Crippen molar-refractivity contribution < 1.29 is 14.7 Å². The van der Waals surface area contributed by atoms with Crippen molar-refractivity contribution in [3.05, 3.63) is 29.8 Å². The summed E-state index contributed by atoms with van der Waals surface area (Å²) >= 11 is 0. The third-order valence-corrected chi connectivity index (χ3v) is 4.17. The minimum Gasteiger partial charge on any atom is -0.481 e. The number of aliphatic carboxylic acids is 1. The van der Waals surface area contributed by atoms with Gasteiger partial charge in [0.1, 0.15) is 0 Å². The van der Waals surface area contributed by atoms with Gasteiger partial charge in [-0.15, -0.1) is 0 Å². The van der Waals surface area contributed by atoms with Crippen molar-refractivity contribution >= 4 is 17.7 Å². The van der Waals surface area contributed by atoms with E-state index in [1.165, 1.54) is 0 Å². The number of carboxylic acids is 1. The molecule has 2 N–H and O–H groups in total. The van der Waals surface area contributed by atoms with Crippen LogP contribution in [0.15, 0.2) is 24.3 Å². The zero-order chi connectivity index (χ0) is 15.4. The Morgan fingerprint density at radius 3 is 2.57 bits per heavy atom. The molecule has 1 aliphatic rings. The maximum absolute atomic E-state index is 12.4. The van der Waals surface area contributed by atoms with Crippen molar-refractivity contribution in [3.63, 3.8) is 0 Å². The number of nitrogens with zero attached hydrogens (tertiary/aromatic N) is 1. The number of para-hydroxylation sites is 1. The summed E-state index contributed by atoms with van der Waals surface area (Å²) in [5.41, 5.74) is 1.84. The SMILES string of the molecule is Cc1ccccc1N(C)C(=O)NC1CCCCC1C(=O)O. The number of carboxylic acid groups (broad SMARTS) is 1. The lowest BCUT2D eigenvalue weighted by atomic mass is 9.84. The molecule has 0 saturated heterocycles. The topological polar surface area (TPSA) is 69.6 Å². The minimum absolute atomic E-state index is 0.248. The first-order valence-corrected chi connectivity index (χ1v) is 7.33. The zero-order valence-corrected chi connectivity index (χ0v) is 12.5. The first-order chi connectivity index (χ1) is 10.0. The van der Waals surface area contributed by atoms with E-state index in [4.69, 9.17) is 0 Å². The molecular formula is C16H22N2O3. The van der Waals surface area contributed by atoms with Crippen LogP contribution in [0.1, 0.15) is 31.2 Å². The highest BCUT2D eigenvalue weighted by molar-refractivity contribution is 5.92. The fourth-order valence-electron chi connectivity index (χ4n) is 2.90. The second-order valence-corrected chi connectivity index (χ2v) is 5.63. The van der Waals surface area contributed by atoms with E-state index in [1.807, 2.05) is 31.2 Å². The molecule has 0 radical (unpaired) electrons. The van der Waals surface area contributed by atoms with Crippen LogP contribution in [0.2, 0.25) is 0 Å². The van der Waals surface area contributed by atoms with Crippen molar-refractivity contribution in [1.82, 2.24) is 5.32 Å². The number of anilines is 1. The second-order valence-electron chi connectivity index (χ2n) is 5.63. The van der Waals surface area contributed by atoms with Crippen molar-refractivity contribution in [1.29, 1.82) is 0 Å². The van der Waals surface area contributed by atoms with E-state index >= 15 is 0 Å². The third kappa shape index (κ3) is 3.54. The van der Waals surface area contributed by atoms with Gasteiger partial charge in [-0.25, -0.2) is 4.79 Å². The quantitative estimate of drug-likeness (QED) is 0.899. The van der Waals surface area contributed by atoms with Gasteiger partial charge in [-0.05, 0) is 31.4 Å². The van der Waals surface area contributed by atoms with Gasteiger partial charge in [0, 0.05) is 18.8 Å². The predicted octanol–water partition coefficient (Wildman–Crippen LogP) is 2.78. The van der Waals surface area contributed by atoms with Gasteiger partial charge in [0.25, 0.3) is 0 Å². The lowest BCUT2D eigenvalue weighted by Gasteiger charge is -2.31. The Morgan fingerprint density at radius 2 is 1.90 bits per heavy atom. The molecule has 1 aromatic rings. The summed E-state index contributed by atoms with van der Waals surface area (Å²) in [6.45, 7) is 1.94. The largest absolute Gasteiger partial charge is 0.481 e. The number of hydrogen-bond donors (Lipinski definition) is 2. The standard InChI is InChI=1S/C16H22N2O3/c1-11-7-3-6-10-14(11)18(2)16(21)17-13-9-5-4-8-12(13)15(19)20/h3,6-7,10,12-13H,4-5,8-9H2,1-2H3,(H,17,21)(H,19,20). The molecule has 0 aromatic heterocycles. The summed E-state index contributed by atoms with van der Waals surface area (Å²) in [7, 11) is 1.70. The maximum Gasteiger partial charge on any atom is 0.321 e. The monoisotopic (exact) mass is 290 g/mol. The van der Waals surface area contributed by atoms with Crippen LogP contribution in [0.5, 0.6) is 0 Å². The number of aryl methyl sites for hydroxylation is 1. The number of urea groups is 1. The minimum atomic E-state index is -0.821. The Morgan fingerprint density at radius 1 is 1.24 bits per heavy atom. The number of benzene rings is 1. The molecule has 2 atom stereocenters. The summed E-state index contributed by atoms with van der Waals surface area (Å²) < 4.78 is 0. The van der Waals surface area contributed by atoms with E-state index in [2.05, 4.69) is 5.32 Å². The highest BCUT2D eigenvalue weighted by Gasteiger charge is 2.32. The molecule has 5 nitrogen and oxygen atoms in total. The number of amides is 2. The van der Waals surface area contributed by atoms with Gasteiger partial charge in [-0.2, -0.15) is 0 Å². The lowest BCUT2D eigenvalue weighted by molar-refractivity contribution is -0.143. The van der Waals surface area contributed by atoms with Crippen LogP contribution in [0.3, 0.4) is 0 Å². The molecule has 2 unspecified atom stereocenters. The van der Waals surface area contributed by atoms with Gasteiger partial charge in [-0.3, -0.25) is 9.69 Å². The second kappa shape index (κ2) is 6.61. The Bertz CT molecular complexity index is 530. The lowest BCUT2D eigenvalue weighted by Crippen LogP contribution is -2.49. The predicted molar refractivity (Wildman–Crippen MR) is 81.5 cm³/mol. The molecular weight excluding hydrogens is 268 g/mol. The van der Waals surface area contributed by atoms with Crippen molar-refractivity contribution in [2.24, 2.45) is 5.92 Å². The van der Waals surface area contributed by atoms with Crippen LogP contribution < -0.4 is 10.2 Å². The smallest absolute Gasteiger partial charge is 0.321 e. The van der Waals surface area contributed by atoms with E-state index in [9.17, 15) is 14.7 Å². The highest BCUT2D eigenvalue weighted by Crippen LogP contribution is 2.25. The molecule has 0 bridgehead atoms. The number of carbonyl (C=O) groups excluding carboxylic acids is 1. The molecule has 2 rings (SSSR count). The molecule has 0 aliphatic heterocycles. The van der Waals surface area contributed by atoms with Crippen LogP contribution in [0, 0.1) is 12.8 Å². The van der Waals surface area contributed by atoms with Gasteiger partial charge in [0.05, 0.1) is 5.92 Å². The molecule has 21 heavy (non-hydrogen) atoms. The number of nitrogens with one attached hydrogen (secondary N) is 1. The summed E-state index contributed by atoms with van der Waals surface area (Å²) in [4.78, 5) is 25.2.